The Morgan fingerprint density at radius 1 is 1.04 bits per heavy atom. The Bertz CT molecular complexity index is 859. The maximum atomic E-state index is 13.1. The SMILES string of the molecule is Cc1cc(C)cc(NC(=O)CNS(=O)(=O)c2ccc(F)cc2C)c1. The van der Waals surface area contributed by atoms with Crippen molar-refractivity contribution in [2.45, 2.75) is 25.7 Å². The quantitative estimate of drug-likeness (QED) is 0.870. The van der Waals surface area contributed by atoms with E-state index in [0.29, 0.717) is 5.69 Å². The summed E-state index contributed by atoms with van der Waals surface area (Å²) < 4.78 is 39.7. The van der Waals surface area contributed by atoms with Crippen molar-refractivity contribution in [3.8, 4) is 0 Å². The van der Waals surface area contributed by atoms with Crippen LogP contribution in [0.5, 0.6) is 0 Å². The zero-order chi connectivity index (χ0) is 17.9. The van der Waals surface area contributed by atoms with Crippen LogP contribution in [0.2, 0.25) is 0 Å². The molecule has 24 heavy (non-hydrogen) atoms. The van der Waals surface area contributed by atoms with Gasteiger partial charge in [0.05, 0.1) is 11.4 Å². The van der Waals surface area contributed by atoms with E-state index in [1.807, 2.05) is 19.9 Å². The van der Waals surface area contributed by atoms with E-state index in [-0.39, 0.29) is 10.5 Å². The number of benzene rings is 2. The fraction of sp³-hybridized carbons (Fsp3) is 0.235. The van der Waals surface area contributed by atoms with Crippen LogP contribution in [0.4, 0.5) is 10.1 Å². The molecule has 0 spiro atoms. The number of hydrogen-bond acceptors (Lipinski definition) is 3. The first kappa shape index (κ1) is 18.1. The zero-order valence-corrected chi connectivity index (χ0v) is 14.5. The minimum absolute atomic E-state index is 0.0527. The Balaban J connectivity index is 2.05. The predicted octanol–water partition coefficient (Wildman–Crippen LogP) is 2.67. The molecule has 1 amide bonds. The average molecular weight is 350 g/mol. The summed E-state index contributed by atoms with van der Waals surface area (Å²) in [5.74, 6) is -0.998. The second-order valence-corrected chi connectivity index (χ2v) is 7.39. The molecule has 0 saturated carbocycles. The molecule has 2 rings (SSSR count). The standard InChI is InChI=1S/C17H19FN2O3S/c1-11-6-12(2)8-15(7-11)20-17(21)10-19-24(22,23)16-5-4-14(18)9-13(16)3/h4-9,19H,10H2,1-3H3,(H,20,21). The van der Waals surface area contributed by atoms with Crippen molar-refractivity contribution in [2.75, 3.05) is 11.9 Å². The topological polar surface area (TPSA) is 75.3 Å². The lowest BCUT2D eigenvalue weighted by Gasteiger charge is -2.10. The van der Waals surface area contributed by atoms with Crippen LogP contribution in [0.3, 0.4) is 0 Å². The first-order chi connectivity index (χ1) is 11.2. The Morgan fingerprint density at radius 3 is 2.25 bits per heavy atom. The molecule has 2 aromatic carbocycles. The summed E-state index contributed by atoms with van der Waals surface area (Å²) in [7, 11) is -3.89. The van der Waals surface area contributed by atoms with Gasteiger partial charge in [0.15, 0.2) is 0 Å². The number of anilines is 1. The maximum absolute atomic E-state index is 13.1. The number of sulfonamides is 1. The Kier molecular flexibility index (Phi) is 5.36. The summed E-state index contributed by atoms with van der Waals surface area (Å²) >= 11 is 0. The summed E-state index contributed by atoms with van der Waals surface area (Å²) in [4.78, 5) is 11.9. The number of rotatable bonds is 5. The molecule has 0 atom stereocenters. The van der Waals surface area contributed by atoms with Crippen LogP contribution in [0.25, 0.3) is 0 Å². The number of carbonyl (C=O) groups excluding carboxylic acids is 1. The highest BCUT2D eigenvalue weighted by atomic mass is 32.2. The van der Waals surface area contributed by atoms with E-state index >= 15 is 0 Å². The molecule has 2 aromatic rings. The number of halogens is 1. The maximum Gasteiger partial charge on any atom is 0.241 e. The van der Waals surface area contributed by atoms with Gasteiger partial charge >= 0.3 is 0 Å². The predicted molar refractivity (Wildman–Crippen MR) is 90.9 cm³/mol. The molecule has 0 saturated heterocycles. The molecule has 0 bridgehead atoms. The van der Waals surface area contributed by atoms with E-state index in [9.17, 15) is 17.6 Å². The fourth-order valence-corrected chi connectivity index (χ4v) is 3.61. The molecule has 0 fully saturated rings. The molecule has 2 N–H and O–H groups in total. The summed E-state index contributed by atoms with van der Waals surface area (Å²) in [6, 6.07) is 8.93. The van der Waals surface area contributed by atoms with Crippen LogP contribution in [0.1, 0.15) is 16.7 Å². The third-order valence-corrected chi connectivity index (χ3v) is 4.92. The van der Waals surface area contributed by atoms with Crippen LogP contribution >= 0.6 is 0 Å². The first-order valence-corrected chi connectivity index (χ1v) is 8.80. The van der Waals surface area contributed by atoms with Gasteiger partial charge in [0.2, 0.25) is 15.9 Å². The Hall–Kier alpha value is -2.25. The van der Waals surface area contributed by atoms with Crippen molar-refractivity contribution in [3.63, 3.8) is 0 Å². The fourth-order valence-electron chi connectivity index (χ4n) is 2.40. The van der Waals surface area contributed by atoms with Gasteiger partial charge < -0.3 is 5.32 Å². The van der Waals surface area contributed by atoms with Gasteiger partial charge in [-0.05, 0) is 67.8 Å². The highest BCUT2D eigenvalue weighted by molar-refractivity contribution is 7.89. The zero-order valence-electron chi connectivity index (χ0n) is 13.7. The smallest absolute Gasteiger partial charge is 0.241 e. The van der Waals surface area contributed by atoms with E-state index in [1.165, 1.54) is 13.0 Å². The Labute approximate surface area is 141 Å². The molecule has 0 heterocycles. The van der Waals surface area contributed by atoms with Crippen molar-refractivity contribution in [1.82, 2.24) is 4.72 Å². The minimum atomic E-state index is -3.89. The van der Waals surface area contributed by atoms with E-state index in [0.717, 1.165) is 23.3 Å². The second kappa shape index (κ2) is 7.11. The van der Waals surface area contributed by atoms with Crippen molar-refractivity contribution in [3.05, 3.63) is 58.9 Å². The van der Waals surface area contributed by atoms with Gasteiger partial charge in [-0.1, -0.05) is 6.07 Å². The highest BCUT2D eigenvalue weighted by Gasteiger charge is 2.18. The van der Waals surface area contributed by atoms with Gasteiger partial charge in [-0.2, -0.15) is 0 Å². The van der Waals surface area contributed by atoms with Gasteiger partial charge in [0.1, 0.15) is 5.82 Å². The first-order valence-electron chi connectivity index (χ1n) is 7.31. The molecule has 0 unspecified atom stereocenters. The number of nitrogens with one attached hydrogen (secondary N) is 2. The summed E-state index contributed by atoms with van der Waals surface area (Å²) in [5, 5.41) is 2.65. The molecular formula is C17H19FN2O3S. The second-order valence-electron chi connectivity index (χ2n) is 5.66. The third-order valence-electron chi connectivity index (χ3n) is 3.35. The highest BCUT2D eigenvalue weighted by Crippen LogP contribution is 2.16. The largest absolute Gasteiger partial charge is 0.325 e. The molecule has 5 nitrogen and oxygen atoms in total. The van der Waals surface area contributed by atoms with E-state index < -0.39 is 28.3 Å². The van der Waals surface area contributed by atoms with Gasteiger partial charge in [0, 0.05) is 5.69 Å². The molecule has 0 aliphatic rings. The van der Waals surface area contributed by atoms with Crippen molar-refractivity contribution < 1.29 is 17.6 Å². The molecule has 0 aromatic heterocycles. The van der Waals surface area contributed by atoms with Crippen LogP contribution < -0.4 is 10.0 Å². The lowest BCUT2D eigenvalue weighted by molar-refractivity contribution is -0.115. The van der Waals surface area contributed by atoms with Crippen LogP contribution in [0, 0.1) is 26.6 Å². The van der Waals surface area contributed by atoms with Crippen LogP contribution in [0.15, 0.2) is 41.3 Å². The van der Waals surface area contributed by atoms with E-state index in [1.54, 1.807) is 12.1 Å². The molecule has 7 heteroatoms. The average Bonchev–Trinajstić information content (AvgIpc) is 2.43. The molecule has 0 aliphatic carbocycles. The Morgan fingerprint density at radius 2 is 1.67 bits per heavy atom. The molecular weight excluding hydrogens is 331 g/mol. The van der Waals surface area contributed by atoms with Crippen LogP contribution in [-0.2, 0) is 14.8 Å². The van der Waals surface area contributed by atoms with E-state index in [2.05, 4.69) is 10.0 Å². The normalized spacial score (nSPS) is 11.3. The summed E-state index contributed by atoms with van der Waals surface area (Å²) in [5.41, 5.74) is 2.87. The third kappa shape index (κ3) is 4.62. The number of hydrogen-bond donors (Lipinski definition) is 2. The molecule has 0 aliphatic heterocycles. The summed E-state index contributed by atoms with van der Waals surface area (Å²) in [6.07, 6.45) is 0. The van der Waals surface area contributed by atoms with Crippen molar-refractivity contribution in [2.24, 2.45) is 0 Å². The molecule has 128 valence electrons. The van der Waals surface area contributed by atoms with E-state index in [4.69, 9.17) is 0 Å². The van der Waals surface area contributed by atoms with Crippen molar-refractivity contribution in [1.29, 1.82) is 0 Å². The van der Waals surface area contributed by atoms with Gasteiger partial charge in [-0.15, -0.1) is 0 Å². The number of aryl methyl sites for hydroxylation is 3. The van der Waals surface area contributed by atoms with Gasteiger partial charge in [-0.25, -0.2) is 17.5 Å². The van der Waals surface area contributed by atoms with Crippen LogP contribution in [-0.4, -0.2) is 20.9 Å². The lowest BCUT2D eigenvalue weighted by Crippen LogP contribution is -2.33. The lowest BCUT2D eigenvalue weighted by atomic mass is 10.1. The summed E-state index contributed by atoms with van der Waals surface area (Å²) in [6.45, 7) is 4.89. The monoisotopic (exact) mass is 350 g/mol. The minimum Gasteiger partial charge on any atom is -0.325 e. The van der Waals surface area contributed by atoms with Gasteiger partial charge in [-0.3, -0.25) is 4.79 Å². The molecule has 0 radical (unpaired) electrons. The number of carbonyl (C=O) groups is 1. The number of amides is 1. The van der Waals surface area contributed by atoms with Crippen molar-refractivity contribution >= 4 is 21.6 Å². The van der Waals surface area contributed by atoms with Gasteiger partial charge in [0.25, 0.3) is 0 Å².